The first-order chi connectivity index (χ1) is 48.0. The topological polar surface area (TPSA) is 406 Å². The van der Waals surface area contributed by atoms with Crippen molar-refractivity contribution in [1.82, 2.24) is 72.7 Å². The summed E-state index contributed by atoms with van der Waals surface area (Å²) in [6, 6.07) is 10.6. The summed E-state index contributed by atoms with van der Waals surface area (Å²) in [7, 11) is 0. The van der Waals surface area contributed by atoms with E-state index in [1.54, 1.807) is 6.92 Å². The third-order valence-corrected chi connectivity index (χ3v) is 20.0. The van der Waals surface area contributed by atoms with Gasteiger partial charge in [-0.1, -0.05) is 36.4 Å². The van der Waals surface area contributed by atoms with Gasteiger partial charge in [-0.15, -0.1) is 0 Å². The highest BCUT2D eigenvalue weighted by Crippen LogP contribution is 2.32. The van der Waals surface area contributed by atoms with Crippen molar-refractivity contribution in [2.45, 2.75) is 137 Å². The molecule has 0 unspecified atom stereocenters. The molecule has 4 bridgehead atoms. The molecule has 3 aliphatic heterocycles. The lowest BCUT2D eigenvalue weighted by Gasteiger charge is -2.37. The van der Waals surface area contributed by atoms with E-state index >= 15 is 28.4 Å². The fraction of sp³-hybridized carbons (Fsp3) is 0.391. The number of fused-ring (bicyclic) bond motifs is 13. The summed E-state index contributed by atoms with van der Waals surface area (Å²) in [6.45, 7) is 0.824. The van der Waals surface area contributed by atoms with Crippen molar-refractivity contribution in [2.75, 3.05) is 31.1 Å². The van der Waals surface area contributed by atoms with E-state index in [-0.39, 0.29) is 76.0 Å². The standard InChI is InChI=1S/C69H79F2N15O12S2/c1-69-18-5-20-86(69)67(97)56(23-38-9-13-46(87)14-10-38)84-65(95)54(28-45-32-73-37-78-45)82-66(96)55-29-59(89)74-19-3-2-8-51(79-58(88)17-21-99-34-39-6-4-7-40(22-39)35-100-36-57(61(72)91)85-68(69)98)62(92)77-33-60(90)80-52(24-41-30-75-49-15-11-43(70)26-47(41)49)63(93)81-53(64(94)83-55)25-42-31-76-50-16-12-44(71)27-48(42)50/h4,6-7,9-16,22,26-27,30-32,37,51-57,75-76,87H,2-3,5,8,17-21,23-25,28-29,33-36H2,1H3,(H2,72,91)(H,73,78)(H,74,89)(H,77,92)(H,79,88)(H,80,90)(H,81,93)(H,82,96)(H,83,94)(H,84,95)(H,85,98)/t51-,52-,53-,54-,55-,56-,57-,69-/m0/s1. The molecule has 100 heavy (non-hydrogen) atoms. The number of thioether (sulfide) groups is 2. The average molecular weight is 1410 g/mol. The lowest BCUT2D eigenvalue weighted by atomic mass is 9.95. The number of imidazole rings is 1. The minimum atomic E-state index is -1.88. The van der Waals surface area contributed by atoms with E-state index < -0.39 is 144 Å². The van der Waals surface area contributed by atoms with Gasteiger partial charge in [-0.3, -0.25) is 52.7 Å². The smallest absolute Gasteiger partial charge is 0.246 e. The number of benzene rings is 4. The van der Waals surface area contributed by atoms with Gasteiger partial charge in [0.2, 0.25) is 65.0 Å². The number of rotatable bonds is 9. The maximum absolute atomic E-state index is 15.3. The number of carbonyl (C=O) groups excluding carboxylic acids is 11. The Morgan fingerprint density at radius 2 is 1.26 bits per heavy atom. The first kappa shape index (κ1) is 72.4. The molecule has 0 radical (unpaired) electrons. The Labute approximate surface area is 581 Å². The first-order valence-electron chi connectivity index (χ1n) is 32.8. The van der Waals surface area contributed by atoms with Crippen molar-refractivity contribution in [1.29, 1.82) is 0 Å². The number of aromatic nitrogens is 4. The van der Waals surface area contributed by atoms with Crippen LogP contribution in [0.1, 0.15) is 85.4 Å². The quantitative estimate of drug-likeness (QED) is 0.0986. The minimum Gasteiger partial charge on any atom is -0.508 e. The second-order valence-electron chi connectivity index (χ2n) is 25.3. The number of hydrogen-bond donors (Lipinski definition) is 14. The molecule has 6 heterocycles. The summed E-state index contributed by atoms with van der Waals surface area (Å²) < 4.78 is 29.9. The van der Waals surface area contributed by atoms with E-state index in [2.05, 4.69) is 67.8 Å². The van der Waals surface area contributed by atoms with Crippen molar-refractivity contribution >= 4 is 110 Å². The van der Waals surface area contributed by atoms with Crippen LogP contribution in [-0.4, -0.2) is 174 Å². The number of aromatic amines is 3. The Morgan fingerprint density at radius 1 is 0.630 bits per heavy atom. The van der Waals surface area contributed by atoms with Crippen LogP contribution >= 0.6 is 23.5 Å². The molecule has 8 atom stereocenters. The highest BCUT2D eigenvalue weighted by atomic mass is 32.2. The van der Waals surface area contributed by atoms with Gasteiger partial charge in [0.15, 0.2) is 0 Å². The van der Waals surface area contributed by atoms with Gasteiger partial charge in [0.05, 0.1) is 19.3 Å². The van der Waals surface area contributed by atoms with Gasteiger partial charge in [-0.25, -0.2) is 13.8 Å². The second kappa shape index (κ2) is 33.5. The molecule has 528 valence electrons. The lowest BCUT2D eigenvalue weighted by molar-refractivity contribution is -0.147. The van der Waals surface area contributed by atoms with Crippen molar-refractivity contribution in [2.24, 2.45) is 5.73 Å². The molecule has 10 rings (SSSR count). The van der Waals surface area contributed by atoms with Gasteiger partial charge in [0.25, 0.3) is 0 Å². The molecule has 0 spiro atoms. The van der Waals surface area contributed by atoms with Crippen LogP contribution in [0, 0.1) is 11.6 Å². The number of carbonyl (C=O) groups is 11. The van der Waals surface area contributed by atoms with E-state index in [1.165, 1.54) is 114 Å². The highest BCUT2D eigenvalue weighted by Gasteiger charge is 2.49. The summed E-state index contributed by atoms with van der Waals surface area (Å²) in [4.78, 5) is 174. The number of nitrogens with two attached hydrogens (primary N) is 1. The number of phenols is 1. The highest BCUT2D eigenvalue weighted by molar-refractivity contribution is 7.98. The normalized spacial score (nSPS) is 23.8. The minimum absolute atomic E-state index is 0.0152. The Kier molecular flexibility index (Phi) is 24.3. The molecule has 11 amide bonds. The molecule has 31 heteroatoms. The van der Waals surface area contributed by atoms with E-state index in [0.717, 1.165) is 11.1 Å². The third kappa shape index (κ3) is 19.1. The van der Waals surface area contributed by atoms with Crippen molar-refractivity contribution in [3.8, 4) is 5.75 Å². The number of phenolic OH excluding ortho intramolecular Hbond substituents is 1. The maximum atomic E-state index is 15.3. The van der Waals surface area contributed by atoms with Gasteiger partial charge >= 0.3 is 0 Å². The van der Waals surface area contributed by atoms with E-state index in [4.69, 9.17) is 5.73 Å². The predicted octanol–water partition coefficient (Wildman–Crippen LogP) is 2.26. The Hall–Kier alpha value is -10.3. The monoisotopic (exact) mass is 1410 g/mol. The van der Waals surface area contributed by atoms with Gasteiger partial charge in [-0.05, 0) is 115 Å². The molecular formula is C69H79F2N15O12S2. The van der Waals surface area contributed by atoms with Crippen LogP contribution < -0.4 is 53.6 Å². The van der Waals surface area contributed by atoms with Crippen LogP contribution in [-0.2, 0) is 89.9 Å². The molecule has 0 saturated carbocycles. The van der Waals surface area contributed by atoms with Crippen molar-refractivity contribution < 1.29 is 66.6 Å². The summed E-state index contributed by atoms with van der Waals surface area (Å²) in [5.74, 6) is -9.34. The van der Waals surface area contributed by atoms with Crippen LogP contribution in [0.2, 0.25) is 0 Å². The fourth-order valence-corrected chi connectivity index (χ4v) is 14.3. The van der Waals surface area contributed by atoms with Crippen LogP contribution in [0.3, 0.4) is 0 Å². The fourth-order valence-electron chi connectivity index (χ4n) is 12.4. The number of nitrogens with zero attached hydrogens (tertiary/aromatic N) is 2. The molecular weight excluding hydrogens is 1330 g/mol. The van der Waals surface area contributed by atoms with E-state index in [0.29, 0.717) is 67.9 Å². The summed E-state index contributed by atoms with van der Waals surface area (Å²) in [5.41, 5.74) is 8.46. The SMILES string of the molecule is C[C@@]12CCCN1C(=O)[C@H](Cc1ccc(O)cc1)NC(=O)[C@H](Cc1cnc[nH]1)NC(=O)[C@@H]1CC(=O)NCCCC[C@H](NC(=O)CCSCc3cccc(c3)CSC[C@@H](C(N)=O)NC2=O)C(=O)NCC(=O)N[C@@H](Cc2c[nH]c3ccc(F)cc23)C(=O)N[C@@H](Cc2c[nH]c3ccc(F)cc23)C(=O)N1. The van der Waals surface area contributed by atoms with Crippen LogP contribution in [0.15, 0.2) is 110 Å². The summed E-state index contributed by atoms with van der Waals surface area (Å²) >= 11 is 2.80. The molecule has 3 aliphatic rings. The van der Waals surface area contributed by atoms with Crippen molar-refractivity contribution in [3.05, 3.63) is 155 Å². The van der Waals surface area contributed by atoms with Crippen LogP contribution in [0.4, 0.5) is 8.78 Å². The van der Waals surface area contributed by atoms with E-state index in [9.17, 15) is 38.3 Å². The Balaban J connectivity index is 1.02. The average Bonchev–Trinajstić information content (AvgIpc) is 1.59. The molecule has 0 aliphatic carbocycles. The molecule has 4 aromatic carbocycles. The second-order valence-corrected chi connectivity index (χ2v) is 27.4. The number of primary amides is 1. The summed E-state index contributed by atoms with van der Waals surface area (Å²) in [5, 5.41) is 35.2. The number of nitrogens with one attached hydrogen (secondary N) is 12. The molecule has 7 aromatic rings. The molecule has 15 N–H and O–H groups in total. The van der Waals surface area contributed by atoms with Gasteiger partial charge in [0, 0.05) is 114 Å². The summed E-state index contributed by atoms with van der Waals surface area (Å²) in [6.07, 6.45) is 4.49. The van der Waals surface area contributed by atoms with Gasteiger partial charge in [-0.2, -0.15) is 23.5 Å². The largest absolute Gasteiger partial charge is 0.508 e. The molecule has 27 nitrogen and oxygen atoms in total. The third-order valence-electron chi connectivity index (χ3n) is 17.9. The first-order valence-corrected chi connectivity index (χ1v) is 35.1. The Morgan fingerprint density at radius 3 is 1.92 bits per heavy atom. The Bertz CT molecular complexity index is 4170. The van der Waals surface area contributed by atoms with Gasteiger partial charge in [0.1, 0.15) is 65.2 Å². The predicted molar refractivity (Wildman–Crippen MR) is 368 cm³/mol. The zero-order chi connectivity index (χ0) is 71.0. The number of hydrogen-bond acceptors (Lipinski definition) is 15. The number of H-pyrrole nitrogens is 3. The maximum Gasteiger partial charge on any atom is 0.246 e. The van der Waals surface area contributed by atoms with Crippen LogP contribution in [0.25, 0.3) is 21.8 Å². The lowest BCUT2D eigenvalue weighted by Crippen LogP contribution is -2.63. The zero-order valence-electron chi connectivity index (χ0n) is 54.6. The number of amides is 11. The van der Waals surface area contributed by atoms with Crippen LogP contribution in [0.5, 0.6) is 5.75 Å². The number of aromatic hydroxyl groups is 1. The number of halogens is 2. The molecule has 3 aromatic heterocycles. The zero-order valence-corrected chi connectivity index (χ0v) is 56.3. The van der Waals surface area contributed by atoms with Crippen molar-refractivity contribution in [3.63, 3.8) is 0 Å². The molecule has 2 fully saturated rings. The van der Waals surface area contributed by atoms with E-state index in [1.807, 2.05) is 24.3 Å². The van der Waals surface area contributed by atoms with Gasteiger partial charge < -0.3 is 78.5 Å². The molecule has 2 saturated heterocycles.